The van der Waals surface area contributed by atoms with E-state index in [1.807, 2.05) is 5.38 Å². The van der Waals surface area contributed by atoms with E-state index >= 15 is 0 Å². The van der Waals surface area contributed by atoms with Gasteiger partial charge in [-0.1, -0.05) is 12.1 Å². The molecule has 116 valence electrons. The van der Waals surface area contributed by atoms with Crippen LogP contribution >= 0.6 is 11.3 Å². The predicted octanol–water partition coefficient (Wildman–Crippen LogP) is 3.92. The van der Waals surface area contributed by atoms with Crippen molar-refractivity contribution in [2.75, 3.05) is 11.1 Å². The third kappa shape index (κ3) is 3.35. The van der Waals surface area contributed by atoms with Gasteiger partial charge in [-0.3, -0.25) is 4.79 Å². The molecule has 0 radical (unpaired) electrons. The maximum atomic E-state index is 13.1. The van der Waals surface area contributed by atoms with Gasteiger partial charge >= 0.3 is 0 Å². The standard InChI is InChI=1S/C16H11F2N3OS/c17-12-6-3-10(7-13(12)18)15(22)20-11-4-1-9(2-5-11)14-8-23-16(19)21-14/h1-8H,(H2,19,21)(H,20,22). The van der Waals surface area contributed by atoms with Gasteiger partial charge in [0.15, 0.2) is 16.8 Å². The second-order valence-electron chi connectivity index (χ2n) is 4.73. The fourth-order valence-corrected chi connectivity index (χ4v) is 2.56. The Morgan fingerprint density at radius 3 is 2.43 bits per heavy atom. The zero-order valence-electron chi connectivity index (χ0n) is 11.7. The molecule has 23 heavy (non-hydrogen) atoms. The van der Waals surface area contributed by atoms with Crippen LogP contribution in [0.4, 0.5) is 19.6 Å². The van der Waals surface area contributed by atoms with Crippen molar-refractivity contribution in [3.8, 4) is 11.3 Å². The Kier molecular flexibility index (Phi) is 4.03. The topological polar surface area (TPSA) is 68.0 Å². The third-order valence-electron chi connectivity index (χ3n) is 3.14. The molecule has 0 saturated heterocycles. The normalized spacial score (nSPS) is 10.5. The second-order valence-corrected chi connectivity index (χ2v) is 5.62. The number of nitrogens with zero attached hydrogens (tertiary/aromatic N) is 1. The summed E-state index contributed by atoms with van der Waals surface area (Å²) in [6, 6.07) is 9.97. The van der Waals surface area contributed by atoms with Crippen molar-refractivity contribution < 1.29 is 13.6 Å². The smallest absolute Gasteiger partial charge is 0.255 e. The molecule has 0 aliphatic carbocycles. The number of nitrogen functional groups attached to an aromatic ring is 1. The van der Waals surface area contributed by atoms with Crippen molar-refractivity contribution >= 4 is 28.1 Å². The van der Waals surface area contributed by atoms with Crippen LogP contribution in [0.25, 0.3) is 11.3 Å². The molecule has 0 fully saturated rings. The summed E-state index contributed by atoms with van der Waals surface area (Å²) in [5, 5.41) is 4.94. The summed E-state index contributed by atoms with van der Waals surface area (Å²) in [5.74, 6) is -2.57. The zero-order chi connectivity index (χ0) is 16.4. The maximum Gasteiger partial charge on any atom is 0.255 e. The number of amides is 1. The van der Waals surface area contributed by atoms with Crippen molar-refractivity contribution in [1.29, 1.82) is 0 Å². The van der Waals surface area contributed by atoms with Crippen LogP contribution < -0.4 is 11.1 Å². The first kappa shape index (κ1) is 15.1. The first-order chi connectivity index (χ1) is 11.0. The van der Waals surface area contributed by atoms with E-state index in [0.29, 0.717) is 10.8 Å². The predicted molar refractivity (Wildman–Crippen MR) is 86.3 cm³/mol. The quantitative estimate of drug-likeness (QED) is 0.764. The molecule has 3 aromatic rings. The van der Waals surface area contributed by atoms with Gasteiger partial charge in [-0.25, -0.2) is 13.8 Å². The van der Waals surface area contributed by atoms with Gasteiger partial charge in [0.2, 0.25) is 0 Å². The van der Waals surface area contributed by atoms with Crippen molar-refractivity contribution in [3.05, 3.63) is 65.0 Å². The minimum atomic E-state index is -1.06. The number of nitrogens with one attached hydrogen (secondary N) is 1. The van der Waals surface area contributed by atoms with Gasteiger partial charge in [-0.2, -0.15) is 0 Å². The van der Waals surface area contributed by atoms with Crippen molar-refractivity contribution in [1.82, 2.24) is 4.98 Å². The zero-order valence-corrected chi connectivity index (χ0v) is 12.5. The number of carbonyl (C=O) groups is 1. The van der Waals surface area contributed by atoms with E-state index in [9.17, 15) is 13.6 Å². The van der Waals surface area contributed by atoms with Crippen LogP contribution in [-0.2, 0) is 0 Å². The van der Waals surface area contributed by atoms with Gasteiger partial charge < -0.3 is 11.1 Å². The fourth-order valence-electron chi connectivity index (χ4n) is 1.99. The molecule has 0 unspecified atom stereocenters. The molecular formula is C16H11F2N3OS. The molecule has 0 spiro atoms. The van der Waals surface area contributed by atoms with Crippen molar-refractivity contribution in [3.63, 3.8) is 0 Å². The van der Waals surface area contributed by atoms with E-state index in [2.05, 4.69) is 10.3 Å². The summed E-state index contributed by atoms with van der Waals surface area (Å²) < 4.78 is 26.0. The largest absolute Gasteiger partial charge is 0.375 e. The highest BCUT2D eigenvalue weighted by Crippen LogP contribution is 2.24. The molecular weight excluding hydrogens is 320 g/mol. The lowest BCUT2D eigenvalue weighted by Gasteiger charge is -2.06. The average Bonchev–Trinajstić information content (AvgIpc) is 2.97. The first-order valence-corrected chi connectivity index (χ1v) is 7.49. The summed E-state index contributed by atoms with van der Waals surface area (Å²) in [4.78, 5) is 16.2. The Bertz CT molecular complexity index is 862. The van der Waals surface area contributed by atoms with Crippen molar-refractivity contribution in [2.45, 2.75) is 0 Å². The average molecular weight is 331 g/mol. The van der Waals surface area contributed by atoms with Crippen LogP contribution in [0, 0.1) is 11.6 Å². The number of thiazole rings is 1. The Morgan fingerprint density at radius 2 is 1.83 bits per heavy atom. The van der Waals surface area contributed by atoms with Gasteiger partial charge in [0.1, 0.15) is 0 Å². The molecule has 0 bridgehead atoms. The highest BCUT2D eigenvalue weighted by Gasteiger charge is 2.10. The molecule has 2 aromatic carbocycles. The number of aromatic nitrogens is 1. The molecule has 7 heteroatoms. The molecule has 3 N–H and O–H groups in total. The highest BCUT2D eigenvalue weighted by molar-refractivity contribution is 7.13. The molecule has 0 saturated carbocycles. The van der Waals surface area contributed by atoms with E-state index in [4.69, 9.17) is 5.73 Å². The number of carbonyl (C=O) groups excluding carboxylic acids is 1. The Labute approximate surface area is 134 Å². The highest BCUT2D eigenvalue weighted by atomic mass is 32.1. The Hall–Kier alpha value is -2.80. The Morgan fingerprint density at radius 1 is 1.09 bits per heavy atom. The lowest BCUT2D eigenvalue weighted by Crippen LogP contribution is -2.12. The molecule has 1 aromatic heterocycles. The van der Waals surface area contributed by atoms with Gasteiger partial charge in [0.25, 0.3) is 5.91 Å². The summed E-state index contributed by atoms with van der Waals surface area (Å²) in [6.07, 6.45) is 0. The molecule has 1 heterocycles. The van der Waals surface area contributed by atoms with Crippen LogP contribution in [0.5, 0.6) is 0 Å². The van der Waals surface area contributed by atoms with Crippen LogP contribution in [0.15, 0.2) is 47.8 Å². The lowest BCUT2D eigenvalue weighted by molar-refractivity contribution is 0.102. The SMILES string of the molecule is Nc1nc(-c2ccc(NC(=O)c3ccc(F)c(F)c3)cc2)cs1. The Balaban J connectivity index is 1.75. The molecule has 4 nitrogen and oxygen atoms in total. The van der Waals surface area contributed by atoms with Gasteiger partial charge in [0.05, 0.1) is 5.69 Å². The summed E-state index contributed by atoms with van der Waals surface area (Å²) >= 11 is 1.34. The van der Waals surface area contributed by atoms with Crippen LogP contribution in [-0.4, -0.2) is 10.9 Å². The van der Waals surface area contributed by atoms with E-state index < -0.39 is 17.5 Å². The van der Waals surface area contributed by atoms with Crippen LogP contribution in [0.2, 0.25) is 0 Å². The summed E-state index contributed by atoms with van der Waals surface area (Å²) in [6.45, 7) is 0. The van der Waals surface area contributed by atoms with E-state index in [-0.39, 0.29) is 5.56 Å². The summed E-state index contributed by atoms with van der Waals surface area (Å²) in [7, 11) is 0. The number of hydrogen-bond acceptors (Lipinski definition) is 4. The van der Waals surface area contributed by atoms with E-state index in [1.54, 1.807) is 24.3 Å². The summed E-state index contributed by atoms with van der Waals surface area (Å²) in [5.41, 5.74) is 7.79. The van der Waals surface area contributed by atoms with Gasteiger partial charge in [0, 0.05) is 22.2 Å². The minimum absolute atomic E-state index is 0.0419. The number of halogens is 2. The molecule has 0 aliphatic rings. The van der Waals surface area contributed by atoms with Crippen molar-refractivity contribution in [2.24, 2.45) is 0 Å². The number of anilines is 2. The van der Waals surface area contributed by atoms with E-state index in [0.717, 1.165) is 23.4 Å². The van der Waals surface area contributed by atoms with Crippen LogP contribution in [0.1, 0.15) is 10.4 Å². The lowest BCUT2D eigenvalue weighted by atomic mass is 10.1. The van der Waals surface area contributed by atoms with Gasteiger partial charge in [-0.05, 0) is 30.3 Å². The molecule has 3 rings (SSSR count). The first-order valence-electron chi connectivity index (χ1n) is 6.61. The van der Waals surface area contributed by atoms with Crippen LogP contribution in [0.3, 0.4) is 0 Å². The molecule has 0 atom stereocenters. The maximum absolute atomic E-state index is 13.1. The van der Waals surface area contributed by atoms with E-state index in [1.165, 1.54) is 17.4 Å². The second kappa shape index (κ2) is 6.13. The fraction of sp³-hybridized carbons (Fsp3) is 0. The third-order valence-corrected chi connectivity index (χ3v) is 3.82. The molecule has 1 amide bonds. The number of rotatable bonds is 3. The number of hydrogen-bond donors (Lipinski definition) is 2. The monoisotopic (exact) mass is 331 g/mol. The number of nitrogens with two attached hydrogens (primary N) is 1. The minimum Gasteiger partial charge on any atom is -0.375 e. The number of benzene rings is 2. The molecule has 0 aliphatic heterocycles. The van der Waals surface area contributed by atoms with Gasteiger partial charge in [-0.15, -0.1) is 11.3 Å².